The van der Waals surface area contributed by atoms with Crippen molar-refractivity contribution in [1.82, 2.24) is 15.0 Å². The lowest BCUT2D eigenvalue weighted by Gasteiger charge is -2.19. The minimum atomic E-state index is -0.172. The second-order valence-electron chi connectivity index (χ2n) is 5.44. The number of aromatic nitrogens is 2. The summed E-state index contributed by atoms with van der Waals surface area (Å²) in [6.07, 6.45) is 0. The lowest BCUT2D eigenvalue weighted by atomic mass is 10.1. The molecule has 1 aromatic carbocycles. The summed E-state index contributed by atoms with van der Waals surface area (Å²) in [5.74, 6) is 1.49. The first-order valence-corrected chi connectivity index (χ1v) is 9.73. The van der Waals surface area contributed by atoms with Gasteiger partial charge in [0.15, 0.2) is 5.82 Å². The lowest BCUT2D eigenvalue weighted by Crippen LogP contribution is -2.30. The van der Waals surface area contributed by atoms with Gasteiger partial charge in [-0.2, -0.15) is 4.98 Å². The van der Waals surface area contributed by atoms with Crippen molar-refractivity contribution in [3.8, 4) is 0 Å². The van der Waals surface area contributed by atoms with Crippen LogP contribution in [0.25, 0.3) is 0 Å². The molecule has 0 aliphatic carbocycles. The summed E-state index contributed by atoms with van der Waals surface area (Å²) >= 11 is 7.60. The number of thioether (sulfide) groups is 1. The summed E-state index contributed by atoms with van der Waals surface area (Å²) in [7, 11) is 0. The highest BCUT2D eigenvalue weighted by atomic mass is 35.5. The maximum absolute atomic E-state index is 12.4. The highest BCUT2D eigenvalue weighted by Crippen LogP contribution is 2.23. The molecular formula is C17H21ClN4O3S. The Morgan fingerprint density at radius 2 is 2.04 bits per heavy atom. The van der Waals surface area contributed by atoms with Gasteiger partial charge in [-0.25, -0.2) is 0 Å². The van der Waals surface area contributed by atoms with Crippen LogP contribution in [0.3, 0.4) is 0 Å². The normalized spacial score (nSPS) is 10.6. The maximum Gasteiger partial charge on any atom is 0.255 e. The Hall–Kier alpha value is -2.06. The molecule has 26 heavy (non-hydrogen) atoms. The number of anilines is 1. The van der Waals surface area contributed by atoms with E-state index < -0.39 is 0 Å². The van der Waals surface area contributed by atoms with Gasteiger partial charge < -0.3 is 14.7 Å². The van der Waals surface area contributed by atoms with E-state index in [0.717, 1.165) is 0 Å². The number of hydrogen-bond donors (Lipinski definition) is 1. The van der Waals surface area contributed by atoms with E-state index in [1.807, 2.05) is 13.8 Å². The monoisotopic (exact) mass is 396 g/mol. The van der Waals surface area contributed by atoms with Crippen molar-refractivity contribution in [3.05, 3.63) is 40.5 Å². The Morgan fingerprint density at radius 1 is 1.31 bits per heavy atom. The molecule has 1 N–H and O–H groups in total. The molecule has 0 spiro atoms. The number of carbonyl (C=O) groups excluding carboxylic acids is 2. The van der Waals surface area contributed by atoms with Gasteiger partial charge in [0.1, 0.15) is 0 Å². The Kier molecular flexibility index (Phi) is 7.47. The molecule has 1 heterocycles. The van der Waals surface area contributed by atoms with E-state index in [-0.39, 0.29) is 17.6 Å². The number of nitrogens with one attached hydrogen (secondary N) is 1. The summed E-state index contributed by atoms with van der Waals surface area (Å²) in [6.45, 7) is 6.77. The Labute approximate surface area is 161 Å². The van der Waals surface area contributed by atoms with E-state index in [4.69, 9.17) is 16.1 Å². The van der Waals surface area contributed by atoms with Crippen molar-refractivity contribution in [2.24, 2.45) is 0 Å². The second kappa shape index (κ2) is 9.59. The van der Waals surface area contributed by atoms with E-state index in [0.29, 0.717) is 46.8 Å². The van der Waals surface area contributed by atoms with Gasteiger partial charge in [-0.05, 0) is 32.0 Å². The predicted octanol–water partition coefficient (Wildman–Crippen LogP) is 3.39. The van der Waals surface area contributed by atoms with Gasteiger partial charge in [0.05, 0.1) is 22.1 Å². The van der Waals surface area contributed by atoms with Gasteiger partial charge in [0, 0.05) is 25.7 Å². The molecule has 0 aliphatic heterocycles. The van der Waals surface area contributed by atoms with E-state index >= 15 is 0 Å². The summed E-state index contributed by atoms with van der Waals surface area (Å²) in [5.41, 5.74) is 0.974. The van der Waals surface area contributed by atoms with E-state index in [2.05, 4.69) is 15.5 Å². The van der Waals surface area contributed by atoms with Crippen LogP contribution in [0.2, 0.25) is 5.02 Å². The van der Waals surface area contributed by atoms with Crippen LogP contribution in [0.5, 0.6) is 0 Å². The van der Waals surface area contributed by atoms with Crippen LogP contribution in [-0.4, -0.2) is 45.7 Å². The van der Waals surface area contributed by atoms with Gasteiger partial charge in [-0.3, -0.25) is 9.59 Å². The summed E-state index contributed by atoms with van der Waals surface area (Å²) in [5, 5.41) is 6.85. The summed E-state index contributed by atoms with van der Waals surface area (Å²) in [6, 6.07) is 4.89. The number of amides is 2. The van der Waals surface area contributed by atoms with Gasteiger partial charge in [-0.1, -0.05) is 16.8 Å². The number of carbonyl (C=O) groups is 2. The first-order chi connectivity index (χ1) is 12.4. The van der Waals surface area contributed by atoms with Crippen LogP contribution < -0.4 is 5.32 Å². The topological polar surface area (TPSA) is 88.3 Å². The number of nitrogens with zero attached hydrogens (tertiary/aromatic N) is 3. The van der Waals surface area contributed by atoms with Gasteiger partial charge in [-0.15, -0.1) is 11.8 Å². The molecule has 0 saturated heterocycles. The average Bonchev–Trinajstić information content (AvgIpc) is 3.01. The average molecular weight is 397 g/mol. The number of halogens is 1. The molecule has 1 aromatic heterocycles. The molecule has 7 nitrogen and oxygen atoms in total. The highest BCUT2D eigenvalue weighted by Gasteiger charge is 2.16. The lowest BCUT2D eigenvalue weighted by molar-refractivity contribution is -0.113. The van der Waals surface area contributed by atoms with E-state index in [1.54, 1.807) is 30.0 Å². The zero-order valence-corrected chi connectivity index (χ0v) is 16.5. The molecule has 0 radical (unpaired) electrons. The van der Waals surface area contributed by atoms with Crippen molar-refractivity contribution >= 4 is 40.9 Å². The van der Waals surface area contributed by atoms with Crippen LogP contribution in [0.4, 0.5) is 5.69 Å². The molecule has 2 rings (SSSR count). The molecule has 0 bridgehead atoms. The largest absolute Gasteiger partial charge is 0.340 e. The summed E-state index contributed by atoms with van der Waals surface area (Å²) < 4.78 is 4.87. The molecule has 0 fully saturated rings. The predicted molar refractivity (Wildman–Crippen MR) is 103 cm³/mol. The molecule has 9 heteroatoms. The highest BCUT2D eigenvalue weighted by molar-refractivity contribution is 7.99. The third-order valence-electron chi connectivity index (χ3n) is 3.57. The quantitative estimate of drug-likeness (QED) is 0.735. The molecule has 0 aliphatic rings. The molecule has 140 valence electrons. The van der Waals surface area contributed by atoms with Crippen LogP contribution >= 0.6 is 23.4 Å². The first-order valence-electron chi connectivity index (χ1n) is 8.20. The number of hydrogen-bond acceptors (Lipinski definition) is 6. The third-order valence-corrected chi connectivity index (χ3v) is 4.81. The minimum absolute atomic E-state index is 0.121. The van der Waals surface area contributed by atoms with Crippen molar-refractivity contribution in [2.75, 3.05) is 24.2 Å². The fraction of sp³-hybridized carbons (Fsp3) is 0.412. The maximum atomic E-state index is 12.4. The van der Waals surface area contributed by atoms with Gasteiger partial charge in [0.2, 0.25) is 11.8 Å². The van der Waals surface area contributed by atoms with Crippen molar-refractivity contribution in [1.29, 1.82) is 0 Å². The molecule has 2 aromatic rings. The van der Waals surface area contributed by atoms with Gasteiger partial charge in [0.25, 0.3) is 5.91 Å². The van der Waals surface area contributed by atoms with Crippen LogP contribution in [-0.2, 0) is 10.5 Å². The van der Waals surface area contributed by atoms with Crippen molar-refractivity contribution in [2.45, 2.75) is 26.5 Å². The number of benzene rings is 1. The fourth-order valence-electron chi connectivity index (χ4n) is 2.28. The smallest absolute Gasteiger partial charge is 0.255 e. The van der Waals surface area contributed by atoms with Crippen molar-refractivity contribution in [3.63, 3.8) is 0 Å². The van der Waals surface area contributed by atoms with E-state index in [1.165, 1.54) is 11.8 Å². The Balaban J connectivity index is 1.90. The zero-order chi connectivity index (χ0) is 19.1. The first kappa shape index (κ1) is 20.3. The number of rotatable bonds is 8. The Morgan fingerprint density at radius 3 is 2.62 bits per heavy atom. The van der Waals surface area contributed by atoms with Crippen LogP contribution in [0, 0.1) is 6.92 Å². The zero-order valence-electron chi connectivity index (χ0n) is 14.9. The molecule has 0 saturated carbocycles. The third kappa shape index (κ3) is 5.47. The molecule has 0 atom stereocenters. The number of aryl methyl sites for hydroxylation is 1. The second-order valence-corrected chi connectivity index (χ2v) is 6.84. The van der Waals surface area contributed by atoms with E-state index in [9.17, 15) is 9.59 Å². The van der Waals surface area contributed by atoms with Gasteiger partial charge >= 0.3 is 0 Å². The SMILES string of the molecule is CCN(CC)C(=O)c1ccc(NC(=O)CSCc2noc(C)n2)cc1Cl. The molecule has 0 unspecified atom stereocenters. The molecular weight excluding hydrogens is 376 g/mol. The van der Waals surface area contributed by atoms with Crippen LogP contribution in [0.1, 0.15) is 35.9 Å². The molecule has 2 amide bonds. The van der Waals surface area contributed by atoms with Crippen molar-refractivity contribution < 1.29 is 14.1 Å². The standard InChI is InChI=1S/C17H21ClN4O3S/c1-4-22(5-2)17(24)13-7-6-12(8-14(13)18)20-16(23)10-26-9-15-19-11(3)25-21-15/h6-8H,4-5,9-10H2,1-3H3,(H,20,23). The fourth-order valence-corrected chi connectivity index (χ4v) is 3.20. The Bertz CT molecular complexity index is 777. The minimum Gasteiger partial charge on any atom is -0.340 e. The van der Waals surface area contributed by atoms with Crippen LogP contribution in [0.15, 0.2) is 22.7 Å². The summed E-state index contributed by atoms with van der Waals surface area (Å²) in [4.78, 5) is 30.2.